The highest BCUT2D eigenvalue weighted by molar-refractivity contribution is 6.31. The van der Waals surface area contributed by atoms with Gasteiger partial charge in [0.15, 0.2) is 0 Å². The van der Waals surface area contributed by atoms with Crippen molar-refractivity contribution in [1.82, 2.24) is 10.3 Å². The topological polar surface area (TPSA) is 37.7 Å². The SMILES string of the molecule is O=C1[N]c2ccc(Cl)cc2N1N1CCC(c2ccc(F)cc2)CC1. The Balaban J connectivity index is 1.49. The lowest BCUT2D eigenvalue weighted by atomic mass is 9.90. The first-order valence-electron chi connectivity index (χ1n) is 7.97. The Hall–Kier alpha value is -2.11. The van der Waals surface area contributed by atoms with E-state index in [-0.39, 0.29) is 11.8 Å². The maximum atomic E-state index is 13.1. The number of hydrogen-bond donors (Lipinski definition) is 0. The van der Waals surface area contributed by atoms with Crippen molar-refractivity contribution in [2.24, 2.45) is 0 Å². The Labute approximate surface area is 144 Å². The number of urea groups is 1. The van der Waals surface area contributed by atoms with E-state index in [9.17, 15) is 9.18 Å². The summed E-state index contributed by atoms with van der Waals surface area (Å²) in [6.07, 6.45) is 1.82. The van der Waals surface area contributed by atoms with Gasteiger partial charge in [-0.25, -0.2) is 19.2 Å². The van der Waals surface area contributed by atoms with Crippen molar-refractivity contribution in [3.63, 3.8) is 0 Å². The Bertz CT molecular complexity index is 772. The summed E-state index contributed by atoms with van der Waals surface area (Å²) >= 11 is 6.06. The van der Waals surface area contributed by atoms with Crippen LogP contribution in [0.1, 0.15) is 24.3 Å². The van der Waals surface area contributed by atoms with Gasteiger partial charge in [0.05, 0.1) is 11.4 Å². The predicted octanol–water partition coefficient (Wildman–Crippen LogP) is 4.45. The summed E-state index contributed by atoms with van der Waals surface area (Å²) < 4.78 is 13.1. The third-order valence-corrected chi connectivity index (χ3v) is 4.89. The van der Waals surface area contributed by atoms with Gasteiger partial charge >= 0.3 is 6.03 Å². The van der Waals surface area contributed by atoms with Crippen molar-refractivity contribution >= 4 is 29.0 Å². The predicted molar refractivity (Wildman–Crippen MR) is 91.1 cm³/mol. The third-order valence-electron chi connectivity index (χ3n) is 4.66. The van der Waals surface area contributed by atoms with Crippen LogP contribution in [0.5, 0.6) is 0 Å². The zero-order chi connectivity index (χ0) is 16.7. The van der Waals surface area contributed by atoms with E-state index in [2.05, 4.69) is 5.32 Å². The molecule has 2 amide bonds. The van der Waals surface area contributed by atoms with Gasteiger partial charge in [-0.2, -0.15) is 5.32 Å². The molecule has 1 radical (unpaired) electrons. The van der Waals surface area contributed by atoms with Crippen LogP contribution in [0.15, 0.2) is 42.5 Å². The molecule has 1 fully saturated rings. The Kier molecular flexibility index (Phi) is 3.90. The van der Waals surface area contributed by atoms with Crippen LogP contribution in [0.4, 0.5) is 20.6 Å². The van der Waals surface area contributed by atoms with Gasteiger partial charge in [-0.3, -0.25) is 0 Å². The first kappa shape index (κ1) is 15.4. The van der Waals surface area contributed by atoms with Crippen molar-refractivity contribution in [2.45, 2.75) is 18.8 Å². The van der Waals surface area contributed by atoms with Crippen LogP contribution in [-0.4, -0.2) is 24.1 Å². The number of anilines is 1. The van der Waals surface area contributed by atoms with Gasteiger partial charge in [0.25, 0.3) is 0 Å². The van der Waals surface area contributed by atoms with Gasteiger partial charge in [-0.15, -0.1) is 0 Å². The molecule has 0 atom stereocenters. The molecule has 123 valence electrons. The number of benzene rings is 2. The number of halogens is 2. The number of amides is 2. The summed E-state index contributed by atoms with van der Waals surface area (Å²) in [4.78, 5) is 12.3. The molecule has 2 aliphatic heterocycles. The van der Waals surface area contributed by atoms with Crippen LogP contribution in [0.25, 0.3) is 0 Å². The fraction of sp³-hybridized carbons (Fsp3) is 0.278. The second-order valence-electron chi connectivity index (χ2n) is 6.12. The number of fused-ring (bicyclic) bond motifs is 1. The first-order valence-corrected chi connectivity index (χ1v) is 8.35. The minimum Gasteiger partial charge on any atom is -0.244 e. The number of piperidine rings is 1. The fourth-order valence-electron chi connectivity index (χ4n) is 3.42. The molecule has 0 bridgehead atoms. The van der Waals surface area contributed by atoms with Crippen LogP contribution < -0.4 is 10.3 Å². The number of hydrogen-bond acceptors (Lipinski definition) is 2. The van der Waals surface area contributed by atoms with E-state index in [1.54, 1.807) is 23.2 Å². The zero-order valence-electron chi connectivity index (χ0n) is 13.0. The van der Waals surface area contributed by atoms with Crippen LogP contribution in [0.2, 0.25) is 5.02 Å². The number of nitrogens with zero attached hydrogens (tertiary/aromatic N) is 3. The average molecular weight is 345 g/mol. The highest BCUT2D eigenvalue weighted by Gasteiger charge is 2.35. The smallest absolute Gasteiger partial charge is 0.244 e. The van der Waals surface area contributed by atoms with E-state index in [0.717, 1.165) is 37.2 Å². The number of carbonyl (C=O) groups excluding carboxylic acids is 1. The second kappa shape index (κ2) is 6.07. The summed E-state index contributed by atoms with van der Waals surface area (Å²) in [6.45, 7) is 1.49. The molecule has 24 heavy (non-hydrogen) atoms. The summed E-state index contributed by atoms with van der Waals surface area (Å²) in [6, 6.07) is 11.7. The lowest BCUT2D eigenvalue weighted by molar-refractivity contribution is 0.188. The summed E-state index contributed by atoms with van der Waals surface area (Å²) in [5.41, 5.74) is 2.55. The highest BCUT2D eigenvalue weighted by Crippen LogP contribution is 2.38. The molecular weight excluding hydrogens is 329 g/mol. The van der Waals surface area contributed by atoms with Crippen molar-refractivity contribution in [1.29, 1.82) is 0 Å². The molecule has 1 saturated heterocycles. The van der Waals surface area contributed by atoms with E-state index in [0.29, 0.717) is 16.6 Å². The zero-order valence-corrected chi connectivity index (χ0v) is 13.7. The standard InChI is InChI=1S/C18H16ClFN3O/c19-14-3-6-16-17(11-14)23(18(24)21-16)22-9-7-13(8-10-22)12-1-4-15(20)5-2-12/h1-6,11,13H,7-10H2. The molecule has 0 aromatic heterocycles. The van der Waals surface area contributed by atoms with Crippen molar-refractivity contribution < 1.29 is 9.18 Å². The van der Waals surface area contributed by atoms with Gasteiger partial charge in [0.1, 0.15) is 5.82 Å². The van der Waals surface area contributed by atoms with Gasteiger partial charge in [0.2, 0.25) is 0 Å². The van der Waals surface area contributed by atoms with Crippen LogP contribution >= 0.6 is 11.6 Å². The molecule has 0 spiro atoms. The molecular formula is C18H16ClFN3O. The van der Waals surface area contributed by atoms with Gasteiger partial charge in [0, 0.05) is 18.1 Å². The fourth-order valence-corrected chi connectivity index (χ4v) is 3.59. The maximum absolute atomic E-state index is 13.1. The minimum atomic E-state index is -0.271. The first-order chi connectivity index (χ1) is 11.6. The van der Waals surface area contributed by atoms with Crippen molar-refractivity contribution in [3.05, 3.63) is 58.9 Å². The number of carbonyl (C=O) groups is 1. The molecule has 0 saturated carbocycles. The summed E-state index contributed by atoms with van der Waals surface area (Å²) in [5, 5.41) is 8.32. The molecule has 2 heterocycles. The molecule has 0 N–H and O–H groups in total. The van der Waals surface area contributed by atoms with Crippen LogP contribution in [0, 0.1) is 5.82 Å². The number of hydrazine groups is 1. The largest absolute Gasteiger partial charge is 0.363 e. The molecule has 4 rings (SSSR count). The highest BCUT2D eigenvalue weighted by atomic mass is 35.5. The van der Waals surface area contributed by atoms with E-state index in [1.165, 1.54) is 12.1 Å². The third kappa shape index (κ3) is 2.74. The molecule has 0 unspecified atom stereocenters. The van der Waals surface area contributed by atoms with Crippen molar-refractivity contribution in [3.8, 4) is 0 Å². The molecule has 2 aliphatic rings. The summed E-state index contributed by atoms with van der Waals surface area (Å²) in [7, 11) is 0. The normalized spacial score (nSPS) is 18.6. The molecule has 2 aromatic carbocycles. The lowest BCUT2D eigenvalue weighted by Gasteiger charge is -2.37. The van der Waals surface area contributed by atoms with Crippen molar-refractivity contribution in [2.75, 3.05) is 18.1 Å². The number of rotatable bonds is 2. The Morgan fingerprint density at radius 1 is 1.08 bits per heavy atom. The van der Waals surface area contributed by atoms with E-state index in [1.807, 2.05) is 17.1 Å². The van der Waals surface area contributed by atoms with Crippen LogP contribution in [-0.2, 0) is 0 Å². The molecule has 6 heteroatoms. The van der Waals surface area contributed by atoms with E-state index in [4.69, 9.17) is 11.6 Å². The van der Waals surface area contributed by atoms with Gasteiger partial charge in [-0.05, 0) is 54.7 Å². The van der Waals surface area contributed by atoms with Gasteiger partial charge in [-0.1, -0.05) is 23.7 Å². The second-order valence-corrected chi connectivity index (χ2v) is 6.56. The Morgan fingerprint density at radius 2 is 1.79 bits per heavy atom. The minimum absolute atomic E-state index is 0.214. The molecule has 2 aromatic rings. The molecule has 0 aliphatic carbocycles. The lowest BCUT2D eigenvalue weighted by Crippen LogP contribution is -2.49. The Morgan fingerprint density at radius 3 is 2.50 bits per heavy atom. The van der Waals surface area contributed by atoms with E-state index < -0.39 is 0 Å². The van der Waals surface area contributed by atoms with E-state index >= 15 is 0 Å². The van der Waals surface area contributed by atoms with Gasteiger partial charge < -0.3 is 0 Å². The summed E-state index contributed by atoms with van der Waals surface area (Å²) in [5.74, 6) is 0.171. The monoisotopic (exact) mass is 344 g/mol. The van der Waals surface area contributed by atoms with Crippen LogP contribution in [0.3, 0.4) is 0 Å². The quantitative estimate of drug-likeness (QED) is 0.807. The maximum Gasteiger partial charge on any atom is 0.363 e. The average Bonchev–Trinajstić information content (AvgIpc) is 2.91. The molecule has 4 nitrogen and oxygen atoms in total.